The Morgan fingerprint density at radius 3 is 2.64 bits per heavy atom. The molecule has 2 aliphatic heterocycles. The third-order valence-electron chi connectivity index (χ3n) is 5.26. The molecule has 4 atom stereocenters. The van der Waals surface area contributed by atoms with Crippen LogP contribution in [0.1, 0.15) is 6.92 Å². The quantitative estimate of drug-likeness (QED) is 0.667. The highest BCUT2D eigenvalue weighted by Gasteiger charge is 2.50. The van der Waals surface area contributed by atoms with Crippen LogP contribution >= 0.6 is 23.2 Å². The second kappa shape index (κ2) is 7.72. The number of carbonyl (C=O) groups excluding carboxylic acids is 2. The second-order valence-electron chi connectivity index (χ2n) is 7.05. The summed E-state index contributed by atoms with van der Waals surface area (Å²) >= 11 is 12.1. The number of fused-ring (bicyclic) bond motifs is 1. The Morgan fingerprint density at radius 1 is 1.14 bits per heavy atom. The number of nitrogens with one attached hydrogen (secondary N) is 3. The lowest BCUT2D eigenvalue weighted by atomic mass is 9.83. The Labute approximate surface area is 173 Å². The minimum Gasteiger partial charge on any atom is -0.324 e. The van der Waals surface area contributed by atoms with Gasteiger partial charge in [0.05, 0.1) is 27.3 Å². The molecule has 146 valence electrons. The van der Waals surface area contributed by atoms with Crippen LogP contribution in [0.25, 0.3) is 0 Å². The van der Waals surface area contributed by atoms with Gasteiger partial charge < -0.3 is 5.32 Å². The molecule has 0 radical (unpaired) electrons. The van der Waals surface area contributed by atoms with Crippen LogP contribution in [0.2, 0.25) is 10.0 Å². The van der Waals surface area contributed by atoms with E-state index in [9.17, 15) is 9.59 Å². The van der Waals surface area contributed by atoms with E-state index in [4.69, 9.17) is 23.2 Å². The first kappa shape index (κ1) is 19.2. The first-order valence-electron chi connectivity index (χ1n) is 9.10. The van der Waals surface area contributed by atoms with Gasteiger partial charge in [-0.25, -0.2) is 5.43 Å². The number of nitrogens with zero attached hydrogens (tertiary/aromatic N) is 1. The Bertz CT molecular complexity index is 908. The fourth-order valence-corrected chi connectivity index (χ4v) is 4.22. The number of para-hydroxylation sites is 1. The Hall–Kier alpha value is -2.12. The molecule has 1 amide bonds. The van der Waals surface area contributed by atoms with E-state index in [-0.39, 0.29) is 41.4 Å². The second-order valence-corrected chi connectivity index (χ2v) is 7.83. The van der Waals surface area contributed by atoms with E-state index in [2.05, 4.69) is 16.1 Å². The molecule has 2 fully saturated rings. The predicted octanol–water partition coefficient (Wildman–Crippen LogP) is 3.08. The Kier molecular flexibility index (Phi) is 5.29. The highest BCUT2D eigenvalue weighted by Crippen LogP contribution is 2.33. The maximum Gasteiger partial charge on any atom is 0.236 e. The van der Waals surface area contributed by atoms with Crippen molar-refractivity contribution in [3.05, 3.63) is 58.6 Å². The molecule has 0 spiro atoms. The number of hydrogen-bond acceptors (Lipinski definition) is 5. The van der Waals surface area contributed by atoms with Gasteiger partial charge >= 0.3 is 0 Å². The van der Waals surface area contributed by atoms with E-state index in [0.29, 0.717) is 10.7 Å². The molecule has 8 heteroatoms. The van der Waals surface area contributed by atoms with Crippen LogP contribution in [0.5, 0.6) is 0 Å². The van der Waals surface area contributed by atoms with E-state index in [1.165, 1.54) is 0 Å². The summed E-state index contributed by atoms with van der Waals surface area (Å²) in [5, 5.41) is 8.67. The maximum absolute atomic E-state index is 13.2. The van der Waals surface area contributed by atoms with E-state index < -0.39 is 5.92 Å². The first-order chi connectivity index (χ1) is 13.5. The average molecular weight is 419 g/mol. The molecule has 0 bridgehead atoms. The zero-order chi connectivity index (χ0) is 19.8. The molecule has 6 nitrogen and oxygen atoms in total. The van der Waals surface area contributed by atoms with Crippen molar-refractivity contribution in [2.45, 2.75) is 19.1 Å². The van der Waals surface area contributed by atoms with Crippen LogP contribution in [-0.4, -0.2) is 30.4 Å². The Morgan fingerprint density at radius 2 is 1.89 bits per heavy atom. The summed E-state index contributed by atoms with van der Waals surface area (Å²) in [6.45, 7) is 2.20. The molecule has 28 heavy (non-hydrogen) atoms. The van der Waals surface area contributed by atoms with Crippen molar-refractivity contribution in [1.29, 1.82) is 0 Å². The molecule has 2 aromatic rings. The molecular weight excluding hydrogens is 399 g/mol. The topological polar surface area (TPSA) is 73.5 Å². The standard InChI is InChI=1S/C20H20Cl2N4O2/c1-11-16-18(27)13(20(28)24-15-9-5-8-14(21)17(15)22)10-23-19(16)26(25-11)12-6-3-2-4-7-12/h2-9,11,13,16,19,23,25H,10H2,1H3,(H,24,28). The fraction of sp³-hybridized carbons (Fsp3) is 0.300. The Balaban J connectivity index is 1.52. The molecule has 0 saturated carbocycles. The van der Waals surface area contributed by atoms with Crippen LogP contribution in [0, 0.1) is 11.8 Å². The van der Waals surface area contributed by atoms with Crippen LogP contribution < -0.4 is 21.1 Å². The summed E-state index contributed by atoms with van der Waals surface area (Å²) < 4.78 is 0. The number of Topliss-reactive ketones (excluding diaryl/α,β-unsaturated/α-hetero) is 1. The van der Waals surface area contributed by atoms with Gasteiger partial charge in [-0.2, -0.15) is 0 Å². The zero-order valence-corrected chi connectivity index (χ0v) is 16.7. The third kappa shape index (κ3) is 3.37. The summed E-state index contributed by atoms with van der Waals surface area (Å²) in [6.07, 6.45) is -0.205. The minimum absolute atomic E-state index is 0.0853. The van der Waals surface area contributed by atoms with E-state index in [1.54, 1.807) is 18.2 Å². The van der Waals surface area contributed by atoms with E-state index >= 15 is 0 Å². The van der Waals surface area contributed by atoms with Crippen LogP contribution in [0.4, 0.5) is 11.4 Å². The molecule has 3 N–H and O–H groups in total. The highest BCUT2D eigenvalue weighted by atomic mass is 35.5. The van der Waals surface area contributed by atoms with Crippen molar-refractivity contribution in [2.24, 2.45) is 11.8 Å². The van der Waals surface area contributed by atoms with Gasteiger partial charge in [-0.15, -0.1) is 0 Å². The maximum atomic E-state index is 13.2. The highest BCUT2D eigenvalue weighted by molar-refractivity contribution is 6.44. The van der Waals surface area contributed by atoms with Crippen LogP contribution in [0.15, 0.2) is 48.5 Å². The van der Waals surface area contributed by atoms with Gasteiger partial charge in [0.15, 0.2) is 5.78 Å². The lowest BCUT2D eigenvalue weighted by Crippen LogP contribution is -2.58. The van der Waals surface area contributed by atoms with Crippen molar-refractivity contribution in [3.8, 4) is 0 Å². The molecule has 0 aromatic heterocycles. The third-order valence-corrected chi connectivity index (χ3v) is 6.08. The zero-order valence-electron chi connectivity index (χ0n) is 15.2. The number of benzene rings is 2. The van der Waals surface area contributed by atoms with Crippen LogP contribution in [0.3, 0.4) is 0 Å². The molecule has 2 aliphatic rings. The van der Waals surface area contributed by atoms with Crippen LogP contribution in [-0.2, 0) is 9.59 Å². The summed E-state index contributed by atoms with van der Waals surface area (Å²) in [4.78, 5) is 25.9. The molecule has 2 heterocycles. The average Bonchev–Trinajstić information content (AvgIpc) is 3.04. The number of halogens is 2. The number of hydrogen-bond donors (Lipinski definition) is 3. The largest absolute Gasteiger partial charge is 0.324 e. The molecule has 4 unspecified atom stereocenters. The SMILES string of the molecule is CC1NN(c2ccccc2)C2NCC(C(=O)Nc3cccc(Cl)c3Cl)C(=O)C12. The molecule has 0 aliphatic carbocycles. The summed E-state index contributed by atoms with van der Waals surface area (Å²) in [6, 6.07) is 14.7. The van der Waals surface area contributed by atoms with Crippen molar-refractivity contribution in [3.63, 3.8) is 0 Å². The van der Waals surface area contributed by atoms with Gasteiger partial charge in [-0.05, 0) is 31.2 Å². The lowest BCUT2D eigenvalue weighted by Gasteiger charge is -2.35. The monoisotopic (exact) mass is 418 g/mol. The van der Waals surface area contributed by atoms with E-state index in [0.717, 1.165) is 5.69 Å². The van der Waals surface area contributed by atoms with Gasteiger partial charge in [0.2, 0.25) is 5.91 Å². The van der Waals surface area contributed by atoms with Crippen molar-refractivity contribution in [1.82, 2.24) is 10.7 Å². The van der Waals surface area contributed by atoms with Gasteiger partial charge in [0.1, 0.15) is 12.1 Å². The molecule has 2 saturated heterocycles. The number of amides is 1. The number of piperidine rings is 1. The van der Waals surface area contributed by atoms with Crippen molar-refractivity contribution >= 4 is 46.3 Å². The first-order valence-corrected chi connectivity index (χ1v) is 9.85. The number of carbonyl (C=O) groups is 2. The van der Waals surface area contributed by atoms with E-state index in [1.807, 2.05) is 42.3 Å². The summed E-state index contributed by atoms with van der Waals surface area (Å²) in [5.74, 6) is -1.61. The predicted molar refractivity (Wildman–Crippen MR) is 110 cm³/mol. The van der Waals surface area contributed by atoms with Crippen molar-refractivity contribution < 1.29 is 9.59 Å². The lowest BCUT2D eigenvalue weighted by molar-refractivity contribution is -0.136. The van der Waals surface area contributed by atoms with Gasteiger partial charge in [-0.1, -0.05) is 47.5 Å². The smallest absolute Gasteiger partial charge is 0.236 e. The molecule has 4 rings (SSSR count). The molecule has 2 aromatic carbocycles. The number of hydrazine groups is 1. The summed E-state index contributed by atoms with van der Waals surface area (Å²) in [5.41, 5.74) is 4.72. The minimum atomic E-state index is -0.795. The number of ketones is 1. The van der Waals surface area contributed by atoms with Gasteiger partial charge in [-0.3, -0.25) is 19.9 Å². The molecular formula is C20H20Cl2N4O2. The van der Waals surface area contributed by atoms with Crippen molar-refractivity contribution in [2.75, 3.05) is 16.9 Å². The normalized spacial score (nSPS) is 26.8. The number of anilines is 2. The van der Waals surface area contributed by atoms with Gasteiger partial charge in [0, 0.05) is 12.6 Å². The number of rotatable bonds is 3. The van der Waals surface area contributed by atoms with Gasteiger partial charge in [0.25, 0.3) is 0 Å². The fourth-order valence-electron chi connectivity index (χ4n) is 3.87. The summed E-state index contributed by atoms with van der Waals surface area (Å²) in [7, 11) is 0.